The van der Waals surface area contributed by atoms with Crippen LogP contribution in [-0.4, -0.2) is 28.0 Å². The van der Waals surface area contributed by atoms with Gasteiger partial charge in [-0.1, -0.05) is 0 Å². The quantitative estimate of drug-likeness (QED) is 0.390. The minimum atomic E-state index is -4.04. The highest BCUT2D eigenvalue weighted by atomic mass is 32.2. The molecule has 7 nitrogen and oxygen atoms in total. The summed E-state index contributed by atoms with van der Waals surface area (Å²) >= 11 is 0. The summed E-state index contributed by atoms with van der Waals surface area (Å²) in [5, 5.41) is 7.56. The van der Waals surface area contributed by atoms with Gasteiger partial charge in [-0.3, -0.25) is 14.1 Å². The molecule has 3 aromatic rings. The summed E-state index contributed by atoms with van der Waals surface area (Å²) in [6, 6.07) is 1.16. The Morgan fingerprint density at radius 3 is 2.14 bits per heavy atom. The number of halogens is 5. The fourth-order valence-corrected chi connectivity index (χ4v) is 3.59. The van der Waals surface area contributed by atoms with Gasteiger partial charge in [-0.05, 0) is 6.92 Å². The fraction of sp³-hybridized carbons (Fsp3) is 0.200. The number of nitrogens with zero attached hydrogens (tertiary/aromatic N) is 4. The van der Waals surface area contributed by atoms with Crippen LogP contribution in [0.3, 0.4) is 0 Å². The summed E-state index contributed by atoms with van der Waals surface area (Å²) < 4.78 is 96.2. The Morgan fingerprint density at radius 1 is 1.04 bits per heavy atom. The Hall–Kier alpha value is -2.96. The average molecular weight is 421 g/mol. The van der Waals surface area contributed by atoms with E-state index < -0.39 is 51.2 Å². The molecule has 28 heavy (non-hydrogen) atoms. The molecule has 0 radical (unpaired) electrons. The van der Waals surface area contributed by atoms with Gasteiger partial charge in [0.05, 0.1) is 24.0 Å². The lowest BCUT2D eigenvalue weighted by atomic mass is 10.1. The maximum absolute atomic E-state index is 13.8. The lowest BCUT2D eigenvalue weighted by molar-refractivity contribution is 0.367. The molecule has 0 atom stereocenters. The van der Waals surface area contributed by atoms with E-state index in [0.717, 1.165) is 23.1 Å². The van der Waals surface area contributed by atoms with Crippen LogP contribution in [0.15, 0.2) is 23.4 Å². The van der Waals surface area contributed by atoms with Crippen molar-refractivity contribution in [1.29, 1.82) is 0 Å². The first-order chi connectivity index (χ1) is 13.0. The molecular formula is C15H12F5N5O2S. The number of hydrogen-bond acceptors (Lipinski definition) is 4. The standard InChI is InChI=1S/C15H12F5N5O2S/c1-7-9(5-21-24(7)2)28(26,27)23-10-3-4-25(22-10)6-8-11(16)13(18)15(20)14(19)12(8)17/h3-5H,6H2,1-2H3,(H,22,23). The molecule has 0 unspecified atom stereocenters. The van der Waals surface area contributed by atoms with Crippen LogP contribution in [0, 0.1) is 36.0 Å². The van der Waals surface area contributed by atoms with Crippen LogP contribution in [0.1, 0.15) is 11.3 Å². The lowest BCUT2D eigenvalue weighted by Crippen LogP contribution is -2.15. The van der Waals surface area contributed by atoms with Gasteiger partial charge in [-0.15, -0.1) is 0 Å². The van der Waals surface area contributed by atoms with E-state index in [1.54, 1.807) is 7.05 Å². The minimum absolute atomic E-state index is 0.107. The molecule has 1 N–H and O–H groups in total. The molecule has 13 heteroatoms. The van der Waals surface area contributed by atoms with Crippen molar-refractivity contribution in [2.75, 3.05) is 4.72 Å². The van der Waals surface area contributed by atoms with Gasteiger partial charge in [0.25, 0.3) is 10.0 Å². The van der Waals surface area contributed by atoms with Crippen molar-refractivity contribution in [1.82, 2.24) is 19.6 Å². The maximum atomic E-state index is 13.8. The molecule has 0 bridgehead atoms. The molecule has 0 aliphatic carbocycles. The molecule has 0 amide bonds. The van der Waals surface area contributed by atoms with E-state index in [1.807, 2.05) is 0 Å². The van der Waals surface area contributed by atoms with Gasteiger partial charge >= 0.3 is 0 Å². The van der Waals surface area contributed by atoms with Crippen molar-refractivity contribution in [3.63, 3.8) is 0 Å². The summed E-state index contributed by atoms with van der Waals surface area (Å²) in [6.07, 6.45) is 2.25. The Bertz CT molecular complexity index is 1140. The molecule has 1 aromatic carbocycles. The van der Waals surface area contributed by atoms with E-state index >= 15 is 0 Å². The molecule has 0 fully saturated rings. The second-order valence-corrected chi connectivity index (χ2v) is 7.42. The van der Waals surface area contributed by atoms with Gasteiger partial charge in [0.15, 0.2) is 29.1 Å². The SMILES string of the molecule is Cc1c(S(=O)(=O)Nc2ccn(Cc3c(F)c(F)c(F)c(F)c3F)n2)cnn1C. The third-order valence-corrected chi connectivity index (χ3v) is 5.44. The molecule has 2 heterocycles. The number of benzene rings is 1. The van der Waals surface area contributed by atoms with Crippen LogP contribution >= 0.6 is 0 Å². The Kier molecular flexibility index (Phi) is 4.87. The zero-order valence-corrected chi connectivity index (χ0v) is 15.2. The number of aryl methyl sites for hydroxylation is 1. The third-order valence-electron chi connectivity index (χ3n) is 3.98. The zero-order chi connectivity index (χ0) is 20.8. The highest BCUT2D eigenvalue weighted by Gasteiger charge is 2.26. The Morgan fingerprint density at radius 2 is 1.61 bits per heavy atom. The molecule has 2 aromatic heterocycles. The molecule has 0 saturated heterocycles. The van der Waals surface area contributed by atoms with Crippen LogP contribution in [0.2, 0.25) is 0 Å². The average Bonchev–Trinajstić information content (AvgIpc) is 3.21. The molecule has 0 aliphatic rings. The van der Waals surface area contributed by atoms with E-state index in [1.165, 1.54) is 11.6 Å². The number of anilines is 1. The summed E-state index contributed by atoms with van der Waals surface area (Å²) in [4.78, 5) is -0.107. The van der Waals surface area contributed by atoms with E-state index in [0.29, 0.717) is 5.69 Å². The van der Waals surface area contributed by atoms with Gasteiger partial charge in [-0.25, -0.2) is 30.4 Å². The second kappa shape index (κ2) is 6.89. The number of sulfonamides is 1. The number of aromatic nitrogens is 4. The highest BCUT2D eigenvalue weighted by Crippen LogP contribution is 2.24. The first-order valence-corrected chi connectivity index (χ1v) is 9.06. The van der Waals surface area contributed by atoms with Crippen LogP contribution in [0.5, 0.6) is 0 Å². The number of nitrogens with one attached hydrogen (secondary N) is 1. The monoisotopic (exact) mass is 421 g/mol. The molecule has 3 rings (SSSR count). The molecule has 0 aliphatic heterocycles. The van der Waals surface area contributed by atoms with Gasteiger partial charge in [0, 0.05) is 19.3 Å². The van der Waals surface area contributed by atoms with Crippen LogP contribution in [-0.2, 0) is 23.6 Å². The lowest BCUT2D eigenvalue weighted by Gasteiger charge is -2.08. The zero-order valence-electron chi connectivity index (χ0n) is 14.3. The van der Waals surface area contributed by atoms with Gasteiger partial charge < -0.3 is 0 Å². The van der Waals surface area contributed by atoms with E-state index in [4.69, 9.17) is 0 Å². The smallest absolute Gasteiger partial charge is 0.266 e. The van der Waals surface area contributed by atoms with Gasteiger partial charge in [0.1, 0.15) is 4.90 Å². The maximum Gasteiger partial charge on any atom is 0.266 e. The summed E-state index contributed by atoms with van der Waals surface area (Å²) in [5.74, 6) is -10.6. The molecule has 0 spiro atoms. The van der Waals surface area contributed by atoms with Crippen molar-refractivity contribution < 1.29 is 30.4 Å². The van der Waals surface area contributed by atoms with Crippen LogP contribution in [0.4, 0.5) is 27.8 Å². The number of rotatable bonds is 5. The number of hydrogen-bond donors (Lipinski definition) is 1. The minimum Gasteiger partial charge on any atom is -0.272 e. The van der Waals surface area contributed by atoms with Gasteiger partial charge in [0.2, 0.25) is 5.82 Å². The fourth-order valence-electron chi connectivity index (χ4n) is 2.39. The first kappa shape index (κ1) is 19.8. The normalized spacial score (nSPS) is 11.8. The van der Waals surface area contributed by atoms with E-state index in [9.17, 15) is 30.4 Å². The molecule has 150 valence electrons. The largest absolute Gasteiger partial charge is 0.272 e. The van der Waals surface area contributed by atoms with E-state index in [2.05, 4.69) is 14.9 Å². The van der Waals surface area contributed by atoms with Crippen LogP contribution in [0.25, 0.3) is 0 Å². The van der Waals surface area contributed by atoms with Crippen molar-refractivity contribution in [3.8, 4) is 0 Å². The Labute approximate surface area is 155 Å². The summed E-state index contributed by atoms with van der Waals surface area (Å²) in [7, 11) is -2.50. The van der Waals surface area contributed by atoms with Crippen LogP contribution < -0.4 is 4.72 Å². The predicted octanol–water partition coefficient (Wildman–Crippen LogP) is 2.47. The van der Waals surface area contributed by atoms with Gasteiger partial charge in [-0.2, -0.15) is 10.2 Å². The van der Waals surface area contributed by atoms with Crippen molar-refractivity contribution in [2.45, 2.75) is 18.4 Å². The third kappa shape index (κ3) is 3.32. The van der Waals surface area contributed by atoms with Crippen molar-refractivity contribution in [2.24, 2.45) is 7.05 Å². The Balaban J connectivity index is 1.87. The first-order valence-electron chi connectivity index (χ1n) is 7.58. The highest BCUT2D eigenvalue weighted by molar-refractivity contribution is 7.92. The second-order valence-electron chi connectivity index (χ2n) is 5.77. The molecule has 0 saturated carbocycles. The van der Waals surface area contributed by atoms with E-state index in [-0.39, 0.29) is 10.7 Å². The summed E-state index contributed by atoms with van der Waals surface area (Å²) in [5.41, 5.74) is -0.745. The predicted molar refractivity (Wildman–Crippen MR) is 86.3 cm³/mol. The molecular weight excluding hydrogens is 409 g/mol. The topological polar surface area (TPSA) is 81.8 Å². The summed E-state index contributed by atoms with van der Waals surface area (Å²) in [6.45, 7) is 0.725. The van der Waals surface area contributed by atoms with Crippen molar-refractivity contribution >= 4 is 15.8 Å². The van der Waals surface area contributed by atoms with Crippen molar-refractivity contribution in [3.05, 3.63) is 58.8 Å².